The molecule has 0 unspecified atom stereocenters. The zero-order valence-electron chi connectivity index (χ0n) is 15.4. The van der Waals surface area contributed by atoms with E-state index < -0.39 is 15.9 Å². The SMILES string of the molecule is CCCCNS(=O)(=O)c1cccc(C(=O)Nc2nnc(C(C)(C)C)s2)c1. The normalized spacial score (nSPS) is 12.2. The standard InChI is InChI=1S/C17H24N4O3S2/c1-5-6-10-18-26(23,24)13-9-7-8-12(11-13)14(22)19-16-21-20-15(25-16)17(2,3)4/h7-9,11,18H,5-6,10H2,1-4H3,(H,19,21,22). The first-order chi connectivity index (χ1) is 12.1. The Kier molecular flexibility index (Phi) is 6.48. The molecule has 0 aliphatic carbocycles. The predicted octanol–water partition coefficient (Wildman–Crippen LogP) is 3.17. The molecule has 0 fully saturated rings. The summed E-state index contributed by atoms with van der Waals surface area (Å²) in [7, 11) is -3.63. The van der Waals surface area contributed by atoms with Crippen molar-refractivity contribution in [2.75, 3.05) is 11.9 Å². The number of benzene rings is 1. The van der Waals surface area contributed by atoms with Crippen LogP contribution in [0.5, 0.6) is 0 Å². The molecule has 0 saturated carbocycles. The second-order valence-corrected chi connectivity index (χ2v) is 9.64. The average Bonchev–Trinajstić information content (AvgIpc) is 3.04. The van der Waals surface area contributed by atoms with Crippen molar-refractivity contribution in [2.24, 2.45) is 0 Å². The van der Waals surface area contributed by atoms with Crippen molar-refractivity contribution >= 4 is 32.4 Å². The molecule has 2 rings (SSSR count). The molecule has 1 amide bonds. The fraction of sp³-hybridized carbons (Fsp3) is 0.471. The summed E-state index contributed by atoms with van der Waals surface area (Å²) in [6.45, 7) is 8.39. The fourth-order valence-corrected chi connectivity index (χ4v) is 3.93. The third-order valence-corrected chi connectivity index (χ3v) is 6.24. The highest BCUT2D eigenvalue weighted by Gasteiger charge is 2.21. The van der Waals surface area contributed by atoms with E-state index in [0.717, 1.165) is 17.8 Å². The van der Waals surface area contributed by atoms with Gasteiger partial charge in [-0.2, -0.15) is 0 Å². The van der Waals surface area contributed by atoms with Crippen LogP contribution in [0.1, 0.15) is 55.9 Å². The van der Waals surface area contributed by atoms with Crippen molar-refractivity contribution in [1.82, 2.24) is 14.9 Å². The topological polar surface area (TPSA) is 101 Å². The van der Waals surface area contributed by atoms with Crippen LogP contribution in [0.15, 0.2) is 29.2 Å². The second kappa shape index (κ2) is 8.24. The number of hydrogen-bond donors (Lipinski definition) is 2. The average molecular weight is 397 g/mol. The molecule has 26 heavy (non-hydrogen) atoms. The molecule has 2 aromatic rings. The number of amides is 1. The van der Waals surface area contributed by atoms with Crippen LogP contribution >= 0.6 is 11.3 Å². The first-order valence-corrected chi connectivity index (χ1v) is 10.7. The highest BCUT2D eigenvalue weighted by Crippen LogP contribution is 2.28. The van der Waals surface area contributed by atoms with Crippen molar-refractivity contribution in [3.05, 3.63) is 34.8 Å². The number of carbonyl (C=O) groups is 1. The Labute approximate surface area is 158 Å². The fourth-order valence-electron chi connectivity index (χ4n) is 2.02. The van der Waals surface area contributed by atoms with E-state index in [9.17, 15) is 13.2 Å². The van der Waals surface area contributed by atoms with Crippen molar-refractivity contribution < 1.29 is 13.2 Å². The molecule has 9 heteroatoms. The van der Waals surface area contributed by atoms with E-state index in [0.29, 0.717) is 11.7 Å². The number of hydrogen-bond acceptors (Lipinski definition) is 6. The van der Waals surface area contributed by atoms with Crippen LogP contribution in [0, 0.1) is 0 Å². The van der Waals surface area contributed by atoms with E-state index in [1.807, 2.05) is 27.7 Å². The molecule has 7 nitrogen and oxygen atoms in total. The molecule has 1 aromatic heterocycles. The van der Waals surface area contributed by atoms with Gasteiger partial charge in [-0.1, -0.05) is 51.5 Å². The Morgan fingerprint density at radius 1 is 1.23 bits per heavy atom. The molecule has 0 saturated heterocycles. The summed E-state index contributed by atoms with van der Waals surface area (Å²) in [6.07, 6.45) is 1.65. The Bertz CT molecular complexity index is 870. The molecule has 0 spiro atoms. The maximum absolute atomic E-state index is 12.4. The highest BCUT2D eigenvalue weighted by atomic mass is 32.2. The second-order valence-electron chi connectivity index (χ2n) is 6.90. The van der Waals surface area contributed by atoms with Crippen LogP contribution in [0.3, 0.4) is 0 Å². The van der Waals surface area contributed by atoms with Gasteiger partial charge in [-0.3, -0.25) is 10.1 Å². The molecule has 0 atom stereocenters. The van der Waals surface area contributed by atoms with Crippen LogP contribution in [0.25, 0.3) is 0 Å². The summed E-state index contributed by atoms with van der Waals surface area (Å²) in [6, 6.07) is 5.93. The number of nitrogens with zero attached hydrogens (tertiary/aromatic N) is 2. The van der Waals surface area contributed by atoms with Gasteiger partial charge in [0.15, 0.2) is 0 Å². The van der Waals surface area contributed by atoms with Gasteiger partial charge < -0.3 is 0 Å². The summed E-state index contributed by atoms with van der Waals surface area (Å²) in [4.78, 5) is 12.5. The van der Waals surface area contributed by atoms with Gasteiger partial charge in [-0.15, -0.1) is 10.2 Å². The maximum atomic E-state index is 12.4. The highest BCUT2D eigenvalue weighted by molar-refractivity contribution is 7.89. The van der Waals surface area contributed by atoms with Gasteiger partial charge in [0.25, 0.3) is 5.91 Å². The molecule has 2 N–H and O–H groups in total. The van der Waals surface area contributed by atoms with E-state index in [1.54, 1.807) is 12.1 Å². The molecule has 142 valence electrons. The summed E-state index contributed by atoms with van der Waals surface area (Å²) in [5, 5.41) is 11.9. The smallest absolute Gasteiger partial charge is 0.257 e. The van der Waals surface area contributed by atoms with Crippen LogP contribution in [-0.4, -0.2) is 31.1 Å². The Hall–Kier alpha value is -1.84. The van der Waals surface area contributed by atoms with Gasteiger partial charge in [0.05, 0.1) is 4.90 Å². The molecular weight excluding hydrogens is 372 g/mol. The number of anilines is 1. The van der Waals surface area contributed by atoms with Gasteiger partial charge >= 0.3 is 0 Å². The largest absolute Gasteiger partial charge is 0.296 e. The van der Waals surface area contributed by atoms with Gasteiger partial charge in [0.2, 0.25) is 15.2 Å². The molecular formula is C17H24N4O3S2. The van der Waals surface area contributed by atoms with Gasteiger partial charge in [-0.05, 0) is 24.6 Å². The minimum Gasteiger partial charge on any atom is -0.296 e. The molecule has 1 heterocycles. The minimum absolute atomic E-state index is 0.0638. The zero-order chi connectivity index (χ0) is 19.4. The van der Waals surface area contributed by atoms with Crippen LogP contribution in [0.2, 0.25) is 0 Å². The Balaban J connectivity index is 2.14. The van der Waals surface area contributed by atoms with Gasteiger partial charge in [0.1, 0.15) is 5.01 Å². The van der Waals surface area contributed by atoms with Crippen LogP contribution < -0.4 is 10.0 Å². The molecule has 1 aromatic carbocycles. The molecule has 0 aliphatic rings. The van der Waals surface area contributed by atoms with Crippen LogP contribution in [0.4, 0.5) is 5.13 Å². The quantitative estimate of drug-likeness (QED) is 0.700. The van der Waals surface area contributed by atoms with Gasteiger partial charge in [-0.25, -0.2) is 13.1 Å². The lowest BCUT2D eigenvalue weighted by atomic mass is 9.98. The number of rotatable bonds is 7. The van der Waals surface area contributed by atoms with Crippen molar-refractivity contribution in [2.45, 2.75) is 50.8 Å². The third kappa shape index (κ3) is 5.33. The molecule has 0 radical (unpaired) electrons. The number of nitrogens with one attached hydrogen (secondary N) is 2. The van der Waals surface area contributed by atoms with Crippen molar-refractivity contribution in [1.29, 1.82) is 0 Å². The molecule has 0 bridgehead atoms. The summed E-state index contributed by atoms with van der Waals surface area (Å²) >= 11 is 1.30. The minimum atomic E-state index is -3.63. The van der Waals surface area contributed by atoms with Gasteiger partial charge in [0, 0.05) is 17.5 Å². The van der Waals surface area contributed by atoms with E-state index in [2.05, 4.69) is 20.2 Å². The number of aromatic nitrogens is 2. The Morgan fingerprint density at radius 3 is 2.58 bits per heavy atom. The summed E-state index contributed by atoms with van der Waals surface area (Å²) in [5.74, 6) is -0.424. The predicted molar refractivity (Wildman–Crippen MR) is 103 cm³/mol. The van der Waals surface area contributed by atoms with E-state index in [1.165, 1.54) is 23.5 Å². The number of sulfonamides is 1. The third-order valence-electron chi connectivity index (χ3n) is 3.52. The molecule has 0 aliphatic heterocycles. The number of carbonyl (C=O) groups excluding carboxylic acids is 1. The number of unbranched alkanes of at least 4 members (excludes halogenated alkanes) is 1. The van der Waals surface area contributed by atoms with Crippen molar-refractivity contribution in [3.63, 3.8) is 0 Å². The summed E-state index contributed by atoms with van der Waals surface area (Å²) < 4.78 is 27.1. The lowest BCUT2D eigenvalue weighted by Crippen LogP contribution is -2.25. The monoisotopic (exact) mass is 396 g/mol. The van der Waals surface area contributed by atoms with Crippen molar-refractivity contribution in [3.8, 4) is 0 Å². The van der Waals surface area contributed by atoms with E-state index in [-0.39, 0.29) is 15.9 Å². The summed E-state index contributed by atoms with van der Waals surface area (Å²) in [5.41, 5.74) is 0.0922. The Morgan fingerprint density at radius 2 is 1.96 bits per heavy atom. The van der Waals surface area contributed by atoms with E-state index in [4.69, 9.17) is 0 Å². The lowest BCUT2D eigenvalue weighted by molar-refractivity contribution is 0.102. The van der Waals surface area contributed by atoms with Crippen LogP contribution in [-0.2, 0) is 15.4 Å². The maximum Gasteiger partial charge on any atom is 0.257 e. The first-order valence-electron chi connectivity index (χ1n) is 8.38. The lowest BCUT2D eigenvalue weighted by Gasteiger charge is -2.12. The zero-order valence-corrected chi connectivity index (χ0v) is 17.0. The van der Waals surface area contributed by atoms with E-state index >= 15 is 0 Å². The first kappa shape index (κ1) is 20.5.